The Labute approximate surface area is 170 Å². The summed E-state index contributed by atoms with van der Waals surface area (Å²) in [6, 6.07) is 8.28. The Kier molecular flexibility index (Phi) is 12.2. The maximum absolute atomic E-state index is 12.2. The highest BCUT2D eigenvalue weighted by Crippen LogP contribution is 2.08. The minimum Gasteiger partial charge on any atom is -0.370 e. The third-order valence-corrected chi connectivity index (χ3v) is 3.50. The number of benzene rings is 1. The Balaban J connectivity index is 0.00000184. The topological polar surface area (TPSA) is 184 Å². The molecular formula is C18H30N8O3. The first kappa shape index (κ1) is 25.7. The molecule has 1 heterocycles. The Bertz CT molecular complexity index is 777. The number of para-hydroxylation sites is 1. The van der Waals surface area contributed by atoms with E-state index in [1.165, 1.54) is 25.9 Å². The molecule has 8 N–H and O–H groups in total. The smallest absolute Gasteiger partial charge is 0.242 e. The van der Waals surface area contributed by atoms with Crippen molar-refractivity contribution in [3.8, 4) is 5.69 Å². The van der Waals surface area contributed by atoms with Gasteiger partial charge in [0.25, 0.3) is 0 Å². The number of amides is 3. The number of primary amides is 1. The van der Waals surface area contributed by atoms with Crippen LogP contribution in [0.25, 0.3) is 5.69 Å². The van der Waals surface area contributed by atoms with Crippen LogP contribution in [0.5, 0.6) is 0 Å². The lowest BCUT2D eigenvalue weighted by Gasteiger charge is -2.15. The van der Waals surface area contributed by atoms with E-state index in [0.717, 1.165) is 5.69 Å². The van der Waals surface area contributed by atoms with Gasteiger partial charge in [0.1, 0.15) is 6.04 Å². The molecule has 11 heteroatoms. The van der Waals surface area contributed by atoms with Crippen LogP contribution in [-0.2, 0) is 20.8 Å². The van der Waals surface area contributed by atoms with Crippen molar-refractivity contribution < 1.29 is 14.4 Å². The van der Waals surface area contributed by atoms with E-state index in [1.807, 2.05) is 30.3 Å². The lowest BCUT2D eigenvalue weighted by molar-refractivity contribution is -0.130. The second-order valence-corrected chi connectivity index (χ2v) is 5.44. The number of nitrogens with zero attached hydrogens (tertiary/aromatic N) is 3. The van der Waals surface area contributed by atoms with Gasteiger partial charge in [0.05, 0.1) is 29.9 Å². The van der Waals surface area contributed by atoms with E-state index in [-0.39, 0.29) is 12.8 Å². The van der Waals surface area contributed by atoms with Crippen LogP contribution in [0.2, 0.25) is 0 Å². The normalized spacial score (nSPS) is 10.4. The predicted molar refractivity (Wildman–Crippen MR) is 110 cm³/mol. The molecule has 2 aromatic rings. The number of aromatic nitrogens is 3. The van der Waals surface area contributed by atoms with Gasteiger partial charge < -0.3 is 27.8 Å². The van der Waals surface area contributed by atoms with Gasteiger partial charge in [0, 0.05) is 7.05 Å². The average molecular weight is 406 g/mol. The quantitative estimate of drug-likeness (QED) is 0.365. The van der Waals surface area contributed by atoms with E-state index in [4.69, 9.17) is 5.73 Å². The van der Waals surface area contributed by atoms with Gasteiger partial charge in [-0.25, -0.2) is 0 Å². The summed E-state index contributed by atoms with van der Waals surface area (Å²) < 4.78 is 0. The number of hydrogen-bond acceptors (Lipinski definition) is 7. The molecule has 0 bridgehead atoms. The van der Waals surface area contributed by atoms with Gasteiger partial charge in [-0.05, 0) is 33.2 Å². The van der Waals surface area contributed by atoms with Crippen molar-refractivity contribution in [2.24, 2.45) is 17.2 Å². The molecular weight excluding hydrogens is 376 g/mol. The number of carbonyl (C=O) groups is 3. The summed E-state index contributed by atoms with van der Waals surface area (Å²) in [5.74, 6) is -1.62. The summed E-state index contributed by atoms with van der Waals surface area (Å²) in [7, 11) is 4.41. The molecule has 0 radical (unpaired) electrons. The van der Waals surface area contributed by atoms with E-state index >= 15 is 0 Å². The number of likely N-dealkylation sites (N-methyl/N-ethyl adjacent to an activating group) is 1. The standard InChI is InChI=1S/C16H20N6O3.2CH5N/c1-10-12(21-22(20-10)11-6-4-3-5-7-11)9-15(24)19-13(8-14(17)23)16(25)18-2;2*1-2/h3-7,13H,8-9H2,1-2H3,(H2,17,23)(H,18,25)(H,19,24);2*2H2,1H3/t13-;;/m0../s1. The molecule has 0 saturated carbocycles. The number of nitrogens with two attached hydrogens (primary N) is 3. The predicted octanol–water partition coefficient (Wildman–Crippen LogP) is -1.63. The number of nitrogens with one attached hydrogen (secondary N) is 2. The first-order valence-electron chi connectivity index (χ1n) is 8.83. The molecule has 1 aromatic heterocycles. The van der Waals surface area contributed by atoms with Gasteiger partial charge in [-0.1, -0.05) is 18.2 Å². The zero-order valence-corrected chi connectivity index (χ0v) is 17.2. The average Bonchev–Trinajstić information content (AvgIpc) is 3.10. The minimum atomic E-state index is -1.01. The molecule has 29 heavy (non-hydrogen) atoms. The molecule has 0 aliphatic carbocycles. The van der Waals surface area contributed by atoms with Crippen LogP contribution >= 0.6 is 0 Å². The monoisotopic (exact) mass is 406 g/mol. The van der Waals surface area contributed by atoms with Crippen molar-refractivity contribution in [1.82, 2.24) is 25.6 Å². The molecule has 0 saturated heterocycles. The Morgan fingerprint density at radius 2 is 1.66 bits per heavy atom. The molecule has 0 fully saturated rings. The van der Waals surface area contributed by atoms with Crippen molar-refractivity contribution in [1.29, 1.82) is 0 Å². The fourth-order valence-electron chi connectivity index (χ4n) is 2.23. The molecule has 11 nitrogen and oxygen atoms in total. The van der Waals surface area contributed by atoms with E-state index in [1.54, 1.807) is 6.92 Å². The van der Waals surface area contributed by atoms with Crippen LogP contribution in [0.1, 0.15) is 17.8 Å². The summed E-state index contributed by atoms with van der Waals surface area (Å²) in [4.78, 5) is 36.4. The van der Waals surface area contributed by atoms with Crippen LogP contribution in [0, 0.1) is 6.92 Å². The second kappa shape index (κ2) is 13.8. The fraction of sp³-hybridized carbons (Fsp3) is 0.389. The summed E-state index contributed by atoms with van der Waals surface area (Å²) in [6.45, 7) is 1.74. The van der Waals surface area contributed by atoms with E-state index in [2.05, 4.69) is 32.3 Å². The first-order valence-corrected chi connectivity index (χ1v) is 8.83. The highest BCUT2D eigenvalue weighted by molar-refractivity contribution is 5.91. The lowest BCUT2D eigenvalue weighted by atomic mass is 10.1. The van der Waals surface area contributed by atoms with Crippen LogP contribution in [0.3, 0.4) is 0 Å². The van der Waals surface area contributed by atoms with Crippen LogP contribution in [0.4, 0.5) is 0 Å². The first-order chi connectivity index (χ1) is 13.9. The SMILES string of the molecule is CN.CN.CNC(=O)[C@H](CC(N)=O)NC(=O)Cc1nn(-c2ccccc2)nc1C. The zero-order valence-electron chi connectivity index (χ0n) is 17.2. The molecule has 0 aliphatic heterocycles. The fourth-order valence-corrected chi connectivity index (χ4v) is 2.23. The molecule has 0 spiro atoms. The van der Waals surface area contributed by atoms with Crippen molar-refractivity contribution in [2.75, 3.05) is 21.1 Å². The Morgan fingerprint density at radius 3 is 2.17 bits per heavy atom. The number of hydrogen-bond donors (Lipinski definition) is 5. The highest BCUT2D eigenvalue weighted by Gasteiger charge is 2.23. The minimum absolute atomic E-state index is 0.0646. The second-order valence-electron chi connectivity index (χ2n) is 5.44. The molecule has 1 atom stereocenters. The Hall–Kier alpha value is -3.31. The number of aryl methyl sites for hydroxylation is 1. The molecule has 1 aromatic carbocycles. The lowest BCUT2D eigenvalue weighted by Crippen LogP contribution is -2.48. The summed E-state index contributed by atoms with van der Waals surface area (Å²) in [5, 5.41) is 13.5. The largest absolute Gasteiger partial charge is 0.370 e. The Morgan fingerprint density at radius 1 is 1.07 bits per heavy atom. The van der Waals surface area contributed by atoms with Crippen molar-refractivity contribution in [3.05, 3.63) is 41.7 Å². The van der Waals surface area contributed by atoms with Gasteiger partial charge in [-0.2, -0.15) is 15.0 Å². The van der Waals surface area contributed by atoms with Crippen LogP contribution in [0.15, 0.2) is 30.3 Å². The molecule has 0 unspecified atom stereocenters. The third-order valence-electron chi connectivity index (χ3n) is 3.50. The molecule has 160 valence electrons. The number of rotatable bonds is 7. The molecule has 2 rings (SSSR count). The van der Waals surface area contributed by atoms with Gasteiger partial charge in [-0.15, -0.1) is 0 Å². The third kappa shape index (κ3) is 8.49. The van der Waals surface area contributed by atoms with Crippen molar-refractivity contribution in [3.63, 3.8) is 0 Å². The number of carbonyl (C=O) groups excluding carboxylic acids is 3. The van der Waals surface area contributed by atoms with E-state index in [9.17, 15) is 14.4 Å². The van der Waals surface area contributed by atoms with E-state index in [0.29, 0.717) is 11.4 Å². The molecule has 0 aliphatic rings. The van der Waals surface area contributed by atoms with Crippen LogP contribution in [-0.4, -0.2) is 59.9 Å². The van der Waals surface area contributed by atoms with Crippen molar-refractivity contribution >= 4 is 17.7 Å². The summed E-state index contributed by atoms with van der Waals surface area (Å²) in [5.41, 5.74) is 16.0. The van der Waals surface area contributed by atoms with Crippen LogP contribution < -0.4 is 27.8 Å². The molecule has 3 amide bonds. The van der Waals surface area contributed by atoms with Gasteiger partial charge >= 0.3 is 0 Å². The van der Waals surface area contributed by atoms with Gasteiger partial charge in [0.2, 0.25) is 17.7 Å². The van der Waals surface area contributed by atoms with Crippen molar-refractivity contribution in [2.45, 2.75) is 25.8 Å². The van der Waals surface area contributed by atoms with Gasteiger partial charge in [0.15, 0.2) is 0 Å². The van der Waals surface area contributed by atoms with E-state index < -0.39 is 23.8 Å². The zero-order chi connectivity index (χ0) is 22.4. The summed E-state index contributed by atoms with van der Waals surface area (Å²) in [6.07, 6.45) is -0.341. The maximum atomic E-state index is 12.2. The highest BCUT2D eigenvalue weighted by atomic mass is 16.2. The maximum Gasteiger partial charge on any atom is 0.242 e. The van der Waals surface area contributed by atoms with Gasteiger partial charge in [-0.3, -0.25) is 14.4 Å². The summed E-state index contributed by atoms with van der Waals surface area (Å²) >= 11 is 0.